The maximum atomic E-state index is 4.03. The van der Waals surface area contributed by atoms with Gasteiger partial charge in [-0.1, -0.05) is 6.92 Å². The van der Waals surface area contributed by atoms with E-state index in [1.165, 1.54) is 0 Å². The van der Waals surface area contributed by atoms with Crippen molar-refractivity contribution in [3.8, 4) is 0 Å². The number of rotatable bonds is 1. The lowest BCUT2D eigenvalue weighted by atomic mass is 10.4. The summed E-state index contributed by atoms with van der Waals surface area (Å²) in [5, 5.41) is 0. The Morgan fingerprint density at radius 3 is 2.56 bits per heavy atom. The topological polar surface area (TPSA) is 25.8 Å². The maximum Gasteiger partial charge on any atom is 0.0583 e. The number of aryl methyl sites for hydroxylation is 1. The summed E-state index contributed by atoms with van der Waals surface area (Å²) >= 11 is 0. The Morgan fingerprint density at radius 2 is 2.22 bits per heavy atom. The van der Waals surface area contributed by atoms with Crippen molar-refractivity contribution in [3.63, 3.8) is 0 Å². The Morgan fingerprint density at radius 1 is 1.44 bits per heavy atom. The third-order valence-electron chi connectivity index (χ3n) is 0.979. The van der Waals surface area contributed by atoms with Crippen LogP contribution in [-0.2, 0) is 6.42 Å². The van der Waals surface area contributed by atoms with Crippen molar-refractivity contribution < 1.29 is 0 Å². The van der Waals surface area contributed by atoms with Gasteiger partial charge in [0.1, 0.15) is 0 Å². The molecule has 1 aromatic heterocycles. The van der Waals surface area contributed by atoms with Crippen LogP contribution in [0.25, 0.3) is 0 Å². The zero-order valence-electron chi connectivity index (χ0n) is 5.24. The normalized spacial score (nSPS) is 8.11. The van der Waals surface area contributed by atoms with Crippen LogP contribution in [0.5, 0.6) is 0 Å². The summed E-state index contributed by atoms with van der Waals surface area (Å²) in [5.74, 6) is 0. The van der Waals surface area contributed by atoms with Crippen molar-refractivity contribution in [3.05, 3.63) is 24.3 Å². The smallest absolute Gasteiger partial charge is 0.0583 e. The van der Waals surface area contributed by atoms with E-state index in [0.717, 1.165) is 12.1 Å². The molecule has 0 fully saturated rings. The van der Waals surface area contributed by atoms with Crippen LogP contribution in [0, 0.1) is 0 Å². The van der Waals surface area contributed by atoms with Crippen molar-refractivity contribution >= 4 is 12.4 Å². The van der Waals surface area contributed by atoms with Crippen molar-refractivity contribution in [2.45, 2.75) is 13.3 Å². The summed E-state index contributed by atoms with van der Waals surface area (Å²) in [6.45, 7) is 2.06. The molecule has 1 aromatic rings. The second-order valence-electron chi connectivity index (χ2n) is 1.55. The molecule has 3 heteroatoms. The third-order valence-corrected chi connectivity index (χ3v) is 0.979. The first kappa shape index (κ1) is 8.37. The lowest BCUT2D eigenvalue weighted by Gasteiger charge is -1.88. The van der Waals surface area contributed by atoms with Crippen LogP contribution < -0.4 is 0 Å². The highest BCUT2D eigenvalue weighted by Crippen LogP contribution is 1.87. The van der Waals surface area contributed by atoms with Gasteiger partial charge >= 0.3 is 0 Å². The molecule has 0 aliphatic heterocycles. The van der Waals surface area contributed by atoms with Crippen LogP contribution in [0.4, 0.5) is 0 Å². The molecule has 0 spiro atoms. The van der Waals surface area contributed by atoms with Crippen LogP contribution in [0.2, 0.25) is 0 Å². The van der Waals surface area contributed by atoms with Crippen LogP contribution in [0.3, 0.4) is 0 Å². The Bertz CT molecular complexity index is 152. The SMILES string of the molecule is CCc1cnccn1.Cl. The van der Waals surface area contributed by atoms with Gasteiger partial charge in [-0.2, -0.15) is 0 Å². The van der Waals surface area contributed by atoms with E-state index in [9.17, 15) is 0 Å². The zero-order valence-corrected chi connectivity index (χ0v) is 6.06. The van der Waals surface area contributed by atoms with Gasteiger partial charge in [0.2, 0.25) is 0 Å². The Labute approximate surface area is 60.8 Å². The highest BCUT2D eigenvalue weighted by atomic mass is 35.5. The van der Waals surface area contributed by atoms with E-state index in [0.29, 0.717) is 0 Å². The van der Waals surface area contributed by atoms with E-state index in [4.69, 9.17) is 0 Å². The molecule has 0 unspecified atom stereocenters. The van der Waals surface area contributed by atoms with E-state index < -0.39 is 0 Å². The van der Waals surface area contributed by atoms with E-state index in [1.807, 2.05) is 0 Å². The first-order valence-electron chi connectivity index (χ1n) is 2.68. The molecule has 0 aliphatic carbocycles. The fourth-order valence-electron chi connectivity index (χ4n) is 0.513. The molecule has 50 valence electrons. The number of halogens is 1. The number of nitrogens with zero attached hydrogens (tertiary/aromatic N) is 2. The molecule has 0 aromatic carbocycles. The molecular formula is C6H9ClN2. The maximum absolute atomic E-state index is 4.03. The molecular weight excluding hydrogens is 136 g/mol. The summed E-state index contributed by atoms with van der Waals surface area (Å²) in [7, 11) is 0. The highest BCUT2D eigenvalue weighted by Gasteiger charge is 1.82. The molecule has 0 radical (unpaired) electrons. The summed E-state index contributed by atoms with van der Waals surface area (Å²) in [6.07, 6.45) is 6.13. The van der Waals surface area contributed by atoms with Crippen LogP contribution in [0.1, 0.15) is 12.6 Å². The summed E-state index contributed by atoms with van der Waals surface area (Å²) < 4.78 is 0. The second kappa shape index (κ2) is 4.27. The fourth-order valence-corrected chi connectivity index (χ4v) is 0.513. The Hall–Kier alpha value is -0.630. The van der Waals surface area contributed by atoms with Crippen molar-refractivity contribution in [2.75, 3.05) is 0 Å². The monoisotopic (exact) mass is 144 g/mol. The van der Waals surface area contributed by atoms with Gasteiger partial charge in [0, 0.05) is 18.6 Å². The predicted octanol–water partition coefficient (Wildman–Crippen LogP) is 1.46. The van der Waals surface area contributed by atoms with E-state index in [1.54, 1.807) is 18.6 Å². The lowest BCUT2D eigenvalue weighted by Crippen LogP contribution is -1.84. The Kier molecular flexibility index (Phi) is 3.97. The fraction of sp³-hybridized carbons (Fsp3) is 0.333. The summed E-state index contributed by atoms with van der Waals surface area (Å²) in [6, 6.07) is 0. The van der Waals surface area contributed by atoms with Gasteiger partial charge in [-0.05, 0) is 6.42 Å². The molecule has 0 aliphatic rings. The highest BCUT2D eigenvalue weighted by molar-refractivity contribution is 5.85. The minimum absolute atomic E-state index is 0. The summed E-state index contributed by atoms with van der Waals surface area (Å²) in [5.41, 5.74) is 1.05. The molecule has 2 nitrogen and oxygen atoms in total. The van der Waals surface area contributed by atoms with Gasteiger partial charge in [-0.15, -0.1) is 12.4 Å². The van der Waals surface area contributed by atoms with E-state index in [-0.39, 0.29) is 12.4 Å². The van der Waals surface area contributed by atoms with Gasteiger partial charge in [0.05, 0.1) is 5.69 Å². The predicted molar refractivity (Wildman–Crippen MR) is 38.7 cm³/mol. The minimum Gasteiger partial charge on any atom is -0.261 e. The van der Waals surface area contributed by atoms with Crippen molar-refractivity contribution in [2.24, 2.45) is 0 Å². The van der Waals surface area contributed by atoms with Crippen LogP contribution >= 0.6 is 12.4 Å². The zero-order chi connectivity index (χ0) is 5.82. The molecule has 1 rings (SSSR count). The largest absolute Gasteiger partial charge is 0.261 e. The van der Waals surface area contributed by atoms with Gasteiger partial charge in [-0.3, -0.25) is 9.97 Å². The van der Waals surface area contributed by atoms with Gasteiger partial charge in [0.15, 0.2) is 0 Å². The molecule has 0 atom stereocenters. The average molecular weight is 145 g/mol. The van der Waals surface area contributed by atoms with Crippen LogP contribution in [-0.4, -0.2) is 9.97 Å². The van der Waals surface area contributed by atoms with Gasteiger partial charge in [-0.25, -0.2) is 0 Å². The third kappa shape index (κ3) is 2.42. The first-order valence-corrected chi connectivity index (χ1v) is 2.68. The minimum atomic E-state index is 0. The molecule has 0 N–H and O–H groups in total. The van der Waals surface area contributed by atoms with Crippen LogP contribution in [0.15, 0.2) is 18.6 Å². The number of hydrogen-bond acceptors (Lipinski definition) is 2. The standard InChI is InChI=1S/C6H8N2.ClH/c1-2-6-5-7-3-4-8-6;/h3-5H,2H2,1H3;1H. The molecule has 0 saturated heterocycles. The molecule has 9 heavy (non-hydrogen) atoms. The van der Waals surface area contributed by atoms with Crippen molar-refractivity contribution in [1.82, 2.24) is 9.97 Å². The number of aromatic nitrogens is 2. The molecule has 0 amide bonds. The first-order chi connectivity index (χ1) is 3.93. The quantitative estimate of drug-likeness (QED) is 0.597. The molecule has 1 heterocycles. The van der Waals surface area contributed by atoms with E-state index in [2.05, 4.69) is 16.9 Å². The van der Waals surface area contributed by atoms with Gasteiger partial charge in [0.25, 0.3) is 0 Å². The summed E-state index contributed by atoms with van der Waals surface area (Å²) in [4.78, 5) is 7.93. The molecule has 0 bridgehead atoms. The van der Waals surface area contributed by atoms with E-state index >= 15 is 0 Å². The second-order valence-corrected chi connectivity index (χ2v) is 1.55. The van der Waals surface area contributed by atoms with Gasteiger partial charge < -0.3 is 0 Å². The molecule has 0 saturated carbocycles. The average Bonchev–Trinajstić information content (AvgIpc) is 1.90. The van der Waals surface area contributed by atoms with Crippen molar-refractivity contribution in [1.29, 1.82) is 0 Å². The lowest BCUT2D eigenvalue weighted by molar-refractivity contribution is 1.000. The number of hydrogen-bond donors (Lipinski definition) is 0. The Balaban J connectivity index is 0.000000640.